The van der Waals surface area contributed by atoms with Crippen molar-refractivity contribution in [2.75, 3.05) is 13.7 Å². The predicted molar refractivity (Wildman–Crippen MR) is 56.6 cm³/mol. The molecule has 4 nitrogen and oxygen atoms in total. The van der Waals surface area contributed by atoms with E-state index < -0.39 is 14.0 Å². The van der Waals surface area contributed by atoms with E-state index >= 15 is 0 Å². The van der Waals surface area contributed by atoms with Crippen molar-refractivity contribution in [3.63, 3.8) is 0 Å². The molecular formula is C10H12O4P+. The van der Waals surface area contributed by atoms with E-state index in [2.05, 4.69) is 4.74 Å². The Labute approximate surface area is 89.1 Å². The minimum absolute atomic E-state index is 0.287. The lowest BCUT2D eigenvalue weighted by Crippen LogP contribution is -2.14. The molecule has 1 rings (SSSR count). The molecule has 0 fully saturated rings. The summed E-state index contributed by atoms with van der Waals surface area (Å²) in [4.78, 5) is 11.3. The Morgan fingerprint density at radius 3 is 2.67 bits per heavy atom. The van der Waals surface area contributed by atoms with Gasteiger partial charge in [-0.15, -0.1) is 4.52 Å². The van der Waals surface area contributed by atoms with Crippen molar-refractivity contribution in [1.82, 2.24) is 0 Å². The van der Waals surface area contributed by atoms with Crippen LogP contribution in [0.3, 0.4) is 0 Å². The van der Waals surface area contributed by atoms with Gasteiger partial charge < -0.3 is 4.74 Å². The van der Waals surface area contributed by atoms with Gasteiger partial charge >= 0.3 is 14.0 Å². The molecule has 0 amide bonds. The first-order chi connectivity index (χ1) is 7.20. The van der Waals surface area contributed by atoms with Crippen LogP contribution in [0, 0.1) is 0 Å². The highest BCUT2D eigenvalue weighted by molar-refractivity contribution is 7.48. The summed E-state index contributed by atoms with van der Waals surface area (Å²) in [6.07, 6.45) is 0. The number of rotatable bonds is 4. The van der Waals surface area contributed by atoms with E-state index in [0.29, 0.717) is 11.9 Å². The number of carbonyl (C=O) groups excluding carboxylic acids is 1. The summed E-state index contributed by atoms with van der Waals surface area (Å²) in [5.74, 6) is -0.506. The van der Waals surface area contributed by atoms with Crippen LogP contribution in [0.1, 0.15) is 17.3 Å². The van der Waals surface area contributed by atoms with Gasteiger partial charge in [0.25, 0.3) is 0 Å². The molecule has 1 aromatic rings. The average Bonchev–Trinajstić information content (AvgIpc) is 2.28. The third kappa shape index (κ3) is 2.85. The largest absolute Gasteiger partial charge is 0.549 e. The van der Waals surface area contributed by atoms with Crippen molar-refractivity contribution in [3.8, 4) is 0 Å². The zero-order chi connectivity index (χ0) is 11.3. The Balaban J connectivity index is 3.06. The van der Waals surface area contributed by atoms with Crippen LogP contribution in [-0.4, -0.2) is 19.7 Å². The summed E-state index contributed by atoms with van der Waals surface area (Å²) in [5.41, 5.74) is 0.287. The highest BCUT2D eigenvalue weighted by Gasteiger charge is 2.28. The molecule has 0 bridgehead atoms. The molecule has 0 spiro atoms. The number of hydrogen-bond acceptors (Lipinski definition) is 4. The van der Waals surface area contributed by atoms with E-state index in [9.17, 15) is 9.36 Å². The summed E-state index contributed by atoms with van der Waals surface area (Å²) in [6, 6.07) is 6.55. The van der Waals surface area contributed by atoms with Gasteiger partial charge in [-0.05, 0) is 23.6 Å². The normalized spacial score (nSPS) is 10.9. The molecule has 0 heterocycles. The minimum atomic E-state index is -1.99. The molecule has 0 aliphatic carbocycles. The summed E-state index contributed by atoms with van der Waals surface area (Å²) < 4.78 is 21.2. The second-order valence-electron chi connectivity index (χ2n) is 2.68. The van der Waals surface area contributed by atoms with E-state index in [0.717, 1.165) is 0 Å². The molecule has 0 aromatic heterocycles. The monoisotopic (exact) mass is 227 g/mol. The van der Waals surface area contributed by atoms with Gasteiger partial charge in [0.1, 0.15) is 12.2 Å². The van der Waals surface area contributed by atoms with E-state index in [1.807, 2.05) is 0 Å². The molecular weight excluding hydrogens is 215 g/mol. The first-order valence-electron chi connectivity index (χ1n) is 4.48. The summed E-state index contributed by atoms with van der Waals surface area (Å²) >= 11 is 0. The zero-order valence-corrected chi connectivity index (χ0v) is 9.49. The number of hydrogen-bond donors (Lipinski definition) is 0. The van der Waals surface area contributed by atoms with Crippen molar-refractivity contribution in [2.45, 2.75) is 6.92 Å². The number of ether oxygens (including phenoxy) is 1. The van der Waals surface area contributed by atoms with Crippen molar-refractivity contribution < 1.29 is 18.6 Å². The van der Waals surface area contributed by atoms with Gasteiger partial charge in [0.15, 0.2) is 0 Å². The molecule has 1 aromatic carbocycles. The van der Waals surface area contributed by atoms with Crippen molar-refractivity contribution >= 4 is 19.3 Å². The standard InChI is InChI=1S/C10H12O4P/c1-3-14-15(12)9-7-5-4-6-8(9)10(11)13-2/h4-7H,3H2,1-2H3/q+1. The van der Waals surface area contributed by atoms with Gasteiger partial charge in [0.05, 0.1) is 7.11 Å². The Kier molecular flexibility index (Phi) is 4.40. The minimum Gasteiger partial charge on any atom is -0.465 e. The number of esters is 1. The maximum atomic E-state index is 11.6. The van der Waals surface area contributed by atoms with E-state index in [1.165, 1.54) is 7.11 Å². The van der Waals surface area contributed by atoms with Crippen molar-refractivity contribution in [3.05, 3.63) is 29.8 Å². The SMILES string of the molecule is CCO[P+](=O)c1ccccc1C(=O)OC. The molecule has 0 radical (unpaired) electrons. The molecule has 1 atom stereocenters. The Hall–Kier alpha value is -1.25. The van der Waals surface area contributed by atoms with Gasteiger partial charge in [-0.25, -0.2) is 4.79 Å². The molecule has 80 valence electrons. The van der Waals surface area contributed by atoms with E-state index in [-0.39, 0.29) is 5.56 Å². The maximum absolute atomic E-state index is 11.6. The molecule has 0 N–H and O–H groups in total. The fraction of sp³-hybridized carbons (Fsp3) is 0.300. The van der Waals surface area contributed by atoms with Crippen LogP contribution in [0.2, 0.25) is 0 Å². The Bertz CT molecular complexity index is 375. The van der Waals surface area contributed by atoms with E-state index in [1.54, 1.807) is 31.2 Å². The molecule has 0 aliphatic heterocycles. The van der Waals surface area contributed by atoms with Gasteiger partial charge in [-0.1, -0.05) is 12.1 Å². The van der Waals surface area contributed by atoms with Crippen LogP contribution in [-0.2, 0) is 13.8 Å². The van der Waals surface area contributed by atoms with Gasteiger partial charge in [-0.2, -0.15) is 0 Å². The highest BCUT2D eigenvalue weighted by Crippen LogP contribution is 2.23. The summed E-state index contributed by atoms with van der Waals surface area (Å²) in [5, 5.41) is 0.376. The highest BCUT2D eigenvalue weighted by atomic mass is 31.1. The van der Waals surface area contributed by atoms with Crippen molar-refractivity contribution in [2.24, 2.45) is 0 Å². The van der Waals surface area contributed by atoms with Gasteiger partial charge in [-0.3, -0.25) is 0 Å². The average molecular weight is 227 g/mol. The lowest BCUT2D eigenvalue weighted by atomic mass is 10.2. The Morgan fingerprint density at radius 2 is 2.07 bits per heavy atom. The second-order valence-corrected chi connectivity index (χ2v) is 3.94. The molecule has 0 saturated carbocycles. The fourth-order valence-electron chi connectivity index (χ4n) is 1.10. The van der Waals surface area contributed by atoms with Gasteiger partial charge in [0, 0.05) is 0 Å². The van der Waals surface area contributed by atoms with Crippen LogP contribution in [0.15, 0.2) is 24.3 Å². The topological polar surface area (TPSA) is 52.6 Å². The van der Waals surface area contributed by atoms with E-state index in [4.69, 9.17) is 4.52 Å². The molecule has 1 unspecified atom stereocenters. The summed E-state index contributed by atoms with van der Waals surface area (Å²) in [7, 11) is -0.701. The first-order valence-corrected chi connectivity index (χ1v) is 5.66. The Morgan fingerprint density at radius 1 is 1.40 bits per heavy atom. The lowest BCUT2D eigenvalue weighted by Gasteiger charge is -1.98. The first kappa shape index (κ1) is 11.8. The van der Waals surface area contributed by atoms with Crippen molar-refractivity contribution in [1.29, 1.82) is 0 Å². The van der Waals surface area contributed by atoms with Crippen LogP contribution < -0.4 is 5.30 Å². The second kappa shape index (κ2) is 5.59. The van der Waals surface area contributed by atoms with Crippen LogP contribution in [0.5, 0.6) is 0 Å². The quantitative estimate of drug-likeness (QED) is 0.582. The molecule has 0 aliphatic rings. The van der Waals surface area contributed by atoms with Crippen LogP contribution >= 0.6 is 8.03 Å². The lowest BCUT2D eigenvalue weighted by molar-refractivity contribution is 0.0602. The fourth-order valence-corrected chi connectivity index (χ4v) is 2.05. The number of benzene rings is 1. The third-order valence-electron chi connectivity index (χ3n) is 1.75. The summed E-state index contributed by atoms with van der Waals surface area (Å²) in [6.45, 7) is 2.08. The number of carbonyl (C=O) groups is 1. The molecule has 5 heteroatoms. The van der Waals surface area contributed by atoms with Gasteiger partial charge in [0.2, 0.25) is 5.30 Å². The van der Waals surface area contributed by atoms with Crippen LogP contribution in [0.25, 0.3) is 0 Å². The third-order valence-corrected chi connectivity index (χ3v) is 3.03. The van der Waals surface area contributed by atoms with Crippen LogP contribution in [0.4, 0.5) is 0 Å². The zero-order valence-electron chi connectivity index (χ0n) is 8.60. The smallest absolute Gasteiger partial charge is 0.465 e. The maximum Gasteiger partial charge on any atom is 0.549 e. The molecule has 15 heavy (non-hydrogen) atoms. The molecule has 0 saturated heterocycles. The number of methoxy groups -OCH3 is 1. The predicted octanol–water partition coefficient (Wildman–Crippen LogP) is 1.88.